The number of H-pyrrole nitrogens is 1. The molecule has 18 heteroatoms. The molecule has 2 saturated heterocycles. The Hall–Kier alpha value is -1.24. The van der Waals surface area contributed by atoms with Crippen LogP contribution in [0.1, 0.15) is 13.0 Å². The van der Waals surface area contributed by atoms with E-state index in [4.69, 9.17) is 14.0 Å². The highest BCUT2D eigenvalue weighted by Gasteiger charge is 2.49. The van der Waals surface area contributed by atoms with E-state index in [0.717, 1.165) is 17.6 Å². The summed E-state index contributed by atoms with van der Waals surface area (Å²) in [5.41, 5.74) is -1.37. The molecule has 0 aliphatic carbocycles. The number of aromatic nitrogens is 2. The molecule has 1 aromatic heterocycles. The van der Waals surface area contributed by atoms with Gasteiger partial charge in [-0.15, -0.1) is 0 Å². The molecule has 162 valence electrons. The highest BCUT2D eigenvalue weighted by molar-refractivity contribution is 7.72. The average molecular weight is 476 g/mol. The summed E-state index contributed by atoms with van der Waals surface area (Å²) in [5.74, 6) is -0.697. The van der Waals surface area contributed by atoms with Crippen molar-refractivity contribution in [3.05, 3.63) is 33.1 Å². The van der Waals surface area contributed by atoms with Crippen LogP contribution in [0.2, 0.25) is 0 Å². The van der Waals surface area contributed by atoms with Crippen LogP contribution in [0.4, 0.5) is 0 Å². The Morgan fingerprint density at radius 2 is 2.00 bits per heavy atom. The Labute approximate surface area is 162 Å². The molecule has 3 N–H and O–H groups in total. The number of hydrogen-bond donors (Lipinski definition) is 3. The fourth-order valence-corrected chi connectivity index (χ4v) is 6.80. The summed E-state index contributed by atoms with van der Waals surface area (Å²) >= 11 is 0. The molecule has 1 aromatic rings. The molecule has 2 fully saturated rings. The normalized spacial score (nSPS) is 37.3. The van der Waals surface area contributed by atoms with Crippen LogP contribution in [0.25, 0.3) is 0 Å². The van der Waals surface area contributed by atoms with E-state index in [9.17, 15) is 33.3 Å². The van der Waals surface area contributed by atoms with Gasteiger partial charge in [-0.3, -0.25) is 19.1 Å². The quantitative estimate of drug-likeness (QED) is 0.376. The largest absolute Gasteiger partial charge is 0.488 e. The monoisotopic (exact) mass is 476 g/mol. The van der Waals surface area contributed by atoms with Gasteiger partial charge in [0.1, 0.15) is 12.1 Å². The molecule has 5 atom stereocenters. The molecule has 2 aliphatic rings. The van der Waals surface area contributed by atoms with Gasteiger partial charge in [0.2, 0.25) is 0 Å². The van der Waals surface area contributed by atoms with Crippen LogP contribution in [0, 0.1) is 0 Å². The Morgan fingerprint density at radius 3 is 2.59 bits per heavy atom. The molecule has 0 saturated carbocycles. The second kappa shape index (κ2) is 8.48. The van der Waals surface area contributed by atoms with E-state index in [2.05, 4.69) is 17.9 Å². The van der Waals surface area contributed by atoms with Gasteiger partial charge in [-0.2, -0.15) is 4.31 Å². The summed E-state index contributed by atoms with van der Waals surface area (Å²) in [6.45, 7) is 0.553. The summed E-state index contributed by atoms with van der Waals surface area (Å²) in [6.07, 6.45) is -0.862. The second-order valence-electron chi connectivity index (χ2n) is 5.73. The predicted octanol–water partition coefficient (Wildman–Crippen LogP) is -0.0841. The maximum absolute atomic E-state index is 12.0. The predicted molar refractivity (Wildman–Crippen MR) is 91.4 cm³/mol. The number of rotatable bonds is 5. The van der Waals surface area contributed by atoms with Crippen LogP contribution in [-0.2, 0) is 40.9 Å². The van der Waals surface area contributed by atoms with E-state index in [1.165, 1.54) is 6.20 Å². The van der Waals surface area contributed by atoms with Crippen molar-refractivity contribution in [1.29, 1.82) is 0 Å². The van der Waals surface area contributed by atoms with E-state index in [-0.39, 0.29) is 6.61 Å². The third-order valence-corrected chi connectivity index (χ3v) is 8.36. The average Bonchev–Trinajstić information content (AvgIpc) is 2.92. The van der Waals surface area contributed by atoms with E-state index >= 15 is 0 Å². The third-order valence-electron chi connectivity index (χ3n) is 3.63. The summed E-state index contributed by atoms with van der Waals surface area (Å²) in [6, 6.07) is 0.273. The van der Waals surface area contributed by atoms with Crippen molar-refractivity contribution in [2.45, 2.75) is 25.2 Å². The molecule has 0 aromatic carbocycles. The lowest BCUT2D eigenvalue weighted by Gasteiger charge is -2.28. The SMILES string of the molecule is CC(=O)O[C@H]1[C@H](COP2OP(=O)(O)OP(=O)(O)O2)OC[C@@H]1n1ccc(=O)[nH]c1=O. The number of carbonyl (C=O) groups excluding carboxylic acids is 1. The number of ether oxygens (including phenoxy) is 2. The minimum atomic E-state index is -4.87. The van der Waals surface area contributed by atoms with Gasteiger partial charge in [-0.25, -0.2) is 22.5 Å². The highest BCUT2D eigenvalue weighted by atomic mass is 31.3. The molecule has 2 aliphatic heterocycles. The lowest BCUT2D eigenvalue weighted by atomic mass is 10.1. The molecule has 29 heavy (non-hydrogen) atoms. The first-order valence-corrected chi connectivity index (χ1v) is 11.8. The molecule has 0 spiro atoms. The smallest absolute Gasteiger partial charge is 0.457 e. The Bertz CT molecular complexity index is 967. The molecule has 0 amide bonds. The number of nitrogens with one attached hydrogen (secondary N) is 1. The molecule has 3 rings (SSSR count). The van der Waals surface area contributed by atoms with Crippen LogP contribution < -0.4 is 11.2 Å². The summed E-state index contributed by atoms with van der Waals surface area (Å²) in [5, 5.41) is 0. The lowest BCUT2D eigenvalue weighted by Crippen LogP contribution is -2.40. The van der Waals surface area contributed by atoms with Crippen molar-refractivity contribution in [2.24, 2.45) is 0 Å². The van der Waals surface area contributed by atoms with Crippen molar-refractivity contribution >= 4 is 30.2 Å². The maximum Gasteiger partial charge on any atom is 0.488 e. The third kappa shape index (κ3) is 5.68. The topological polar surface area (TPSA) is 202 Å². The van der Waals surface area contributed by atoms with Crippen molar-refractivity contribution < 1.29 is 50.6 Å². The number of carbonyl (C=O) groups is 1. The number of nitrogens with zero attached hydrogens (tertiary/aromatic N) is 1. The van der Waals surface area contributed by atoms with Gasteiger partial charge in [0.25, 0.3) is 5.56 Å². The van der Waals surface area contributed by atoms with Gasteiger partial charge in [0.05, 0.1) is 13.2 Å². The van der Waals surface area contributed by atoms with Gasteiger partial charge in [-0.05, 0) is 0 Å². The summed E-state index contributed by atoms with van der Waals surface area (Å²) < 4.78 is 52.5. The summed E-state index contributed by atoms with van der Waals surface area (Å²) in [7, 11) is -12.5. The zero-order chi connectivity index (χ0) is 21.4. The number of esters is 1. The van der Waals surface area contributed by atoms with E-state index in [1.54, 1.807) is 0 Å². The van der Waals surface area contributed by atoms with Crippen LogP contribution >= 0.6 is 24.2 Å². The fourth-order valence-electron chi connectivity index (χ4n) is 2.60. The molecular weight excluding hydrogens is 461 g/mol. The second-order valence-corrected chi connectivity index (χ2v) is 10.3. The van der Waals surface area contributed by atoms with Crippen LogP contribution in [0.15, 0.2) is 21.9 Å². The standard InChI is InChI=1S/C11H15N2O13P3/c1-6(14)23-10-7(13-3-2-9(15)12-11(13)16)4-21-8(10)5-22-27-24-28(17,18)26-29(19,20)25-27/h2-3,7-8,10H,4-5H2,1H3,(H,17,18)(H,19,20)(H,12,15,16)/t7-,8-,10+/m0/s1. The van der Waals surface area contributed by atoms with E-state index in [0.29, 0.717) is 0 Å². The van der Waals surface area contributed by atoms with Gasteiger partial charge in [-0.1, -0.05) is 0 Å². The lowest BCUT2D eigenvalue weighted by molar-refractivity contribution is -0.151. The van der Waals surface area contributed by atoms with Crippen molar-refractivity contribution in [3.63, 3.8) is 0 Å². The van der Waals surface area contributed by atoms with Crippen molar-refractivity contribution in [1.82, 2.24) is 9.55 Å². The first kappa shape index (κ1) is 22.4. The van der Waals surface area contributed by atoms with Crippen LogP contribution in [0.5, 0.6) is 0 Å². The van der Waals surface area contributed by atoms with Gasteiger partial charge >= 0.3 is 35.9 Å². The zero-order valence-corrected chi connectivity index (χ0v) is 17.2. The van der Waals surface area contributed by atoms with Gasteiger partial charge in [0, 0.05) is 19.2 Å². The summed E-state index contributed by atoms with van der Waals surface area (Å²) in [4.78, 5) is 55.3. The first-order valence-electron chi connectivity index (χ1n) is 7.75. The van der Waals surface area contributed by atoms with Crippen LogP contribution in [0.3, 0.4) is 0 Å². The minimum Gasteiger partial charge on any atom is -0.457 e. The van der Waals surface area contributed by atoms with E-state index in [1.807, 2.05) is 0 Å². The van der Waals surface area contributed by atoms with Crippen molar-refractivity contribution in [2.75, 3.05) is 13.2 Å². The minimum absolute atomic E-state index is 0.113. The number of phosphoric acid groups is 2. The van der Waals surface area contributed by atoms with Gasteiger partial charge in [0.15, 0.2) is 6.10 Å². The Morgan fingerprint density at radius 1 is 1.34 bits per heavy atom. The Kier molecular flexibility index (Phi) is 6.56. The fraction of sp³-hybridized carbons (Fsp3) is 0.545. The molecule has 3 heterocycles. The molecule has 15 nitrogen and oxygen atoms in total. The Balaban J connectivity index is 1.74. The highest BCUT2D eigenvalue weighted by Crippen LogP contribution is 2.76. The molecular formula is C11H15N2O13P3. The maximum atomic E-state index is 12.0. The van der Waals surface area contributed by atoms with Crippen LogP contribution in [-0.4, -0.2) is 50.7 Å². The molecule has 0 bridgehead atoms. The van der Waals surface area contributed by atoms with Crippen molar-refractivity contribution in [3.8, 4) is 0 Å². The zero-order valence-electron chi connectivity index (χ0n) is 14.5. The first-order chi connectivity index (χ1) is 13.5. The van der Waals surface area contributed by atoms with Gasteiger partial charge < -0.3 is 23.8 Å². The number of hydrogen-bond acceptors (Lipinski definition) is 11. The molecule has 0 radical (unpaired) electrons. The number of aromatic amines is 1. The van der Waals surface area contributed by atoms with E-state index < -0.39 is 66.3 Å². The molecule has 2 unspecified atom stereocenters.